The number of rotatable bonds is 7. The van der Waals surface area contributed by atoms with E-state index in [1.54, 1.807) is 13.8 Å². The second-order valence-electron chi connectivity index (χ2n) is 9.29. The fourth-order valence-corrected chi connectivity index (χ4v) is 7.20. The fourth-order valence-electron chi connectivity index (χ4n) is 4.21. The lowest BCUT2D eigenvalue weighted by Crippen LogP contribution is -2.40. The van der Waals surface area contributed by atoms with E-state index >= 15 is 0 Å². The molecule has 2 N–H and O–H groups in total. The van der Waals surface area contributed by atoms with Gasteiger partial charge >= 0.3 is 0 Å². The van der Waals surface area contributed by atoms with Crippen LogP contribution in [0, 0.1) is 0 Å². The van der Waals surface area contributed by atoms with Crippen LogP contribution in [-0.4, -0.2) is 55.7 Å². The first-order valence-corrected chi connectivity index (χ1v) is 14.4. The first kappa shape index (κ1) is 25.7. The molecule has 4 rings (SSSR count). The summed E-state index contributed by atoms with van der Waals surface area (Å²) in [5, 5.41) is 8.37. The predicted octanol–water partition coefficient (Wildman–Crippen LogP) is 4.75. The number of benzene rings is 1. The van der Waals surface area contributed by atoms with Crippen LogP contribution in [0.4, 0.5) is 11.8 Å². The van der Waals surface area contributed by atoms with Gasteiger partial charge in [0.25, 0.3) is 5.91 Å². The topological polar surface area (TPSA) is 104 Å². The number of nitrogens with zero attached hydrogens (tertiary/aromatic N) is 3. The van der Waals surface area contributed by atoms with Crippen LogP contribution in [0.15, 0.2) is 34.5 Å². The third-order valence-electron chi connectivity index (χ3n) is 6.24. The monoisotopic (exact) mass is 535 g/mol. The van der Waals surface area contributed by atoms with Gasteiger partial charge in [-0.3, -0.25) is 4.79 Å². The maximum Gasteiger partial charge on any atom is 0.263 e. The maximum atomic E-state index is 12.8. The van der Waals surface area contributed by atoms with Crippen molar-refractivity contribution in [3.05, 3.63) is 39.5 Å². The van der Waals surface area contributed by atoms with Crippen molar-refractivity contribution < 1.29 is 13.2 Å². The molecule has 0 unspecified atom stereocenters. The van der Waals surface area contributed by atoms with Crippen molar-refractivity contribution in [2.45, 2.75) is 61.8 Å². The lowest BCUT2D eigenvalue weighted by atomic mass is 9.91. The van der Waals surface area contributed by atoms with Crippen LogP contribution < -0.4 is 15.5 Å². The Balaban J connectivity index is 1.38. The molecule has 8 nitrogen and oxygen atoms in total. The molecule has 0 spiro atoms. The molecular weight excluding hydrogens is 506 g/mol. The Bertz CT molecular complexity index is 1330. The third kappa shape index (κ3) is 5.39. The van der Waals surface area contributed by atoms with E-state index in [0.29, 0.717) is 5.95 Å². The number of fused-ring (bicyclic) bond motifs is 1. The van der Waals surface area contributed by atoms with Gasteiger partial charge in [-0.2, -0.15) is 4.98 Å². The van der Waals surface area contributed by atoms with E-state index in [4.69, 9.17) is 16.6 Å². The van der Waals surface area contributed by atoms with Gasteiger partial charge in [-0.1, -0.05) is 23.7 Å². The number of sulfone groups is 1. The highest BCUT2D eigenvalue weighted by Gasteiger charge is 2.29. The number of anilines is 2. The quantitative estimate of drug-likeness (QED) is 0.450. The zero-order valence-electron chi connectivity index (χ0n) is 20.2. The molecular formula is C24H30ClN5O3S2. The van der Waals surface area contributed by atoms with E-state index in [1.807, 2.05) is 43.3 Å². The third-order valence-corrected chi connectivity index (χ3v) is 10.2. The molecule has 188 valence electrons. The largest absolute Gasteiger partial charge is 0.362 e. The van der Waals surface area contributed by atoms with Gasteiger partial charge < -0.3 is 15.5 Å². The summed E-state index contributed by atoms with van der Waals surface area (Å²) in [6, 6.07) is 8.15. The first-order valence-electron chi connectivity index (χ1n) is 11.6. The van der Waals surface area contributed by atoms with E-state index in [0.717, 1.165) is 53.7 Å². The number of hydrogen-bond acceptors (Lipinski definition) is 8. The number of hydrogen-bond donors (Lipinski definition) is 2. The van der Waals surface area contributed by atoms with Gasteiger partial charge in [0.05, 0.1) is 20.7 Å². The molecule has 1 aliphatic carbocycles. The number of para-hydroxylation sites is 1. The van der Waals surface area contributed by atoms with Crippen molar-refractivity contribution in [1.82, 2.24) is 15.3 Å². The molecule has 0 bridgehead atoms. The minimum atomic E-state index is -3.54. The molecule has 35 heavy (non-hydrogen) atoms. The smallest absolute Gasteiger partial charge is 0.263 e. The van der Waals surface area contributed by atoms with Crippen molar-refractivity contribution in [3.8, 4) is 0 Å². The van der Waals surface area contributed by atoms with Crippen LogP contribution in [0.25, 0.3) is 10.9 Å². The number of aromatic nitrogens is 2. The highest BCUT2D eigenvalue weighted by Crippen LogP contribution is 2.34. The van der Waals surface area contributed by atoms with Crippen LogP contribution >= 0.6 is 22.9 Å². The Hall–Kier alpha value is -2.43. The Morgan fingerprint density at radius 1 is 1.11 bits per heavy atom. The second-order valence-corrected chi connectivity index (χ2v) is 13.0. The summed E-state index contributed by atoms with van der Waals surface area (Å²) in [5.74, 6) is 1.14. The number of carbonyl (C=O) groups excluding carboxylic acids is 1. The highest BCUT2D eigenvalue weighted by atomic mass is 35.5. The van der Waals surface area contributed by atoms with Crippen LogP contribution in [0.3, 0.4) is 0 Å². The molecule has 3 aromatic rings. The van der Waals surface area contributed by atoms with Crippen molar-refractivity contribution in [3.63, 3.8) is 0 Å². The van der Waals surface area contributed by atoms with Crippen LogP contribution in [0.5, 0.6) is 0 Å². The second kappa shape index (κ2) is 10.3. The first-order chi connectivity index (χ1) is 16.6. The summed E-state index contributed by atoms with van der Waals surface area (Å²) in [6.07, 6.45) is 3.28. The minimum absolute atomic E-state index is 0.00118. The molecule has 1 amide bonds. The molecule has 0 aliphatic heterocycles. The van der Waals surface area contributed by atoms with Gasteiger partial charge in [0.1, 0.15) is 10.7 Å². The zero-order valence-corrected chi connectivity index (χ0v) is 22.6. The molecule has 0 atom stereocenters. The summed E-state index contributed by atoms with van der Waals surface area (Å²) in [5.41, 5.74) is 0.890. The molecule has 0 saturated heterocycles. The summed E-state index contributed by atoms with van der Waals surface area (Å²) in [7, 11) is 0.394. The highest BCUT2D eigenvalue weighted by molar-refractivity contribution is 7.92. The number of amides is 1. The standard InChI is InChI=1S/C24H30ClN5O3S2/c1-14(2)35(32,33)19-13-34-21(20(19)25)23(31)26-15-9-11-16(12-10-15)27-24-28-18-8-6-5-7-17(18)22(29-24)30(3)4/h5-8,13-16H,9-12H2,1-4H3,(H,26,31)(H,27,28,29)/t15-,16+. The zero-order chi connectivity index (χ0) is 25.3. The molecule has 0 radical (unpaired) electrons. The van der Waals surface area contributed by atoms with E-state index in [1.165, 1.54) is 5.38 Å². The lowest BCUT2D eigenvalue weighted by Gasteiger charge is -2.30. The van der Waals surface area contributed by atoms with Crippen molar-refractivity contribution in [2.24, 2.45) is 0 Å². The van der Waals surface area contributed by atoms with Crippen molar-refractivity contribution in [1.29, 1.82) is 0 Å². The summed E-state index contributed by atoms with van der Waals surface area (Å²) >= 11 is 7.37. The molecule has 11 heteroatoms. The summed E-state index contributed by atoms with van der Waals surface area (Å²) in [4.78, 5) is 24.5. The van der Waals surface area contributed by atoms with Gasteiger partial charge in [-0.05, 0) is 51.7 Å². The lowest BCUT2D eigenvalue weighted by molar-refractivity contribution is 0.0930. The molecule has 1 aromatic carbocycles. The van der Waals surface area contributed by atoms with Gasteiger partial charge in [0.15, 0.2) is 9.84 Å². The van der Waals surface area contributed by atoms with Crippen molar-refractivity contribution >= 4 is 61.4 Å². The van der Waals surface area contributed by atoms with E-state index < -0.39 is 15.1 Å². The van der Waals surface area contributed by atoms with Gasteiger partial charge in [-0.15, -0.1) is 11.3 Å². The van der Waals surface area contributed by atoms with E-state index in [2.05, 4.69) is 15.6 Å². The SMILES string of the molecule is CC(C)S(=O)(=O)c1csc(C(=O)N[C@H]2CC[C@@H](Nc3nc(N(C)C)c4ccccc4n3)CC2)c1Cl. The fraction of sp³-hybridized carbons (Fsp3) is 0.458. The Morgan fingerprint density at radius 2 is 1.77 bits per heavy atom. The normalized spacial score (nSPS) is 18.6. The van der Waals surface area contributed by atoms with Crippen LogP contribution in [0.2, 0.25) is 5.02 Å². The Kier molecular flexibility index (Phi) is 7.54. The average molecular weight is 536 g/mol. The van der Waals surface area contributed by atoms with Crippen LogP contribution in [-0.2, 0) is 9.84 Å². The Morgan fingerprint density at radius 3 is 2.43 bits per heavy atom. The van der Waals surface area contributed by atoms with Gasteiger partial charge in [0, 0.05) is 36.9 Å². The minimum Gasteiger partial charge on any atom is -0.362 e. The molecule has 2 heterocycles. The average Bonchev–Trinajstić information content (AvgIpc) is 3.21. The van der Waals surface area contributed by atoms with E-state index in [9.17, 15) is 13.2 Å². The summed E-state index contributed by atoms with van der Waals surface area (Å²) in [6.45, 7) is 3.19. The number of halogens is 1. The van der Waals surface area contributed by atoms with Gasteiger partial charge in [0.2, 0.25) is 5.95 Å². The Labute approximate surface area is 215 Å². The van der Waals surface area contributed by atoms with Crippen LogP contribution in [0.1, 0.15) is 49.2 Å². The number of thiophene rings is 1. The molecule has 2 aromatic heterocycles. The molecule has 1 fully saturated rings. The molecule has 1 saturated carbocycles. The van der Waals surface area contributed by atoms with Crippen molar-refractivity contribution in [2.75, 3.05) is 24.3 Å². The predicted molar refractivity (Wildman–Crippen MR) is 143 cm³/mol. The number of carbonyl (C=O) groups is 1. The van der Waals surface area contributed by atoms with E-state index in [-0.39, 0.29) is 32.8 Å². The summed E-state index contributed by atoms with van der Waals surface area (Å²) < 4.78 is 24.9. The number of nitrogens with one attached hydrogen (secondary N) is 2. The molecule has 1 aliphatic rings. The maximum absolute atomic E-state index is 12.8. The van der Waals surface area contributed by atoms with Gasteiger partial charge in [-0.25, -0.2) is 13.4 Å².